The van der Waals surface area contributed by atoms with Crippen LogP contribution in [-0.2, 0) is 23.5 Å². The molecule has 0 spiro atoms. The van der Waals surface area contributed by atoms with Gasteiger partial charge in [-0.15, -0.1) is 0 Å². The van der Waals surface area contributed by atoms with Crippen molar-refractivity contribution < 1.29 is 33.4 Å². The van der Waals surface area contributed by atoms with Gasteiger partial charge in [-0.3, -0.25) is 9.69 Å². The summed E-state index contributed by atoms with van der Waals surface area (Å²) in [7, 11) is -0.507. The number of aliphatic carboxylic acids is 1. The summed E-state index contributed by atoms with van der Waals surface area (Å²) >= 11 is 0. The third-order valence-corrected chi connectivity index (χ3v) is 12.9. The first-order valence-electron chi connectivity index (χ1n) is 12.9. The number of carbonyl (C=O) groups excluding carboxylic acids is 2. The highest BCUT2D eigenvalue weighted by molar-refractivity contribution is 6.74. The van der Waals surface area contributed by atoms with Crippen LogP contribution in [0.25, 0.3) is 0 Å². The number of nitrogens with zero attached hydrogens (tertiary/aromatic N) is 2. The first kappa shape index (κ1) is 29.1. The molecule has 5 atom stereocenters. The first-order chi connectivity index (χ1) is 17.1. The molecule has 10 heteroatoms. The number of hydrogen-bond acceptors (Lipinski definition) is 6. The zero-order chi connectivity index (χ0) is 27.9. The molecule has 0 aromatic carbocycles. The van der Waals surface area contributed by atoms with Crippen molar-refractivity contribution >= 4 is 26.3 Å². The molecule has 3 aliphatic rings. The number of fused-ring (bicyclic) bond motifs is 1. The van der Waals surface area contributed by atoms with Crippen molar-refractivity contribution in [3.8, 4) is 0 Å². The van der Waals surface area contributed by atoms with Gasteiger partial charge in [0.15, 0.2) is 8.32 Å². The minimum atomic E-state index is -2.11. The van der Waals surface area contributed by atoms with E-state index >= 15 is 0 Å². The van der Waals surface area contributed by atoms with Crippen molar-refractivity contribution in [1.29, 1.82) is 0 Å². The third kappa shape index (κ3) is 5.56. The number of allylic oxidation sites excluding steroid dienone is 1. The minimum absolute atomic E-state index is 0.00157. The smallest absolute Gasteiger partial charge is 0.410 e. The second kappa shape index (κ2) is 10.7. The summed E-state index contributed by atoms with van der Waals surface area (Å²) in [5, 5.41) is 10.0. The monoisotopic (exact) mass is 534 g/mol. The van der Waals surface area contributed by atoms with E-state index in [2.05, 4.69) is 40.4 Å². The number of rotatable bonds is 9. The Hall–Kier alpha value is -2.43. The van der Waals surface area contributed by atoms with Gasteiger partial charge >= 0.3 is 12.1 Å². The van der Waals surface area contributed by atoms with Crippen LogP contribution in [0, 0.1) is 5.92 Å². The van der Waals surface area contributed by atoms with Crippen LogP contribution in [0.3, 0.4) is 0 Å². The summed E-state index contributed by atoms with van der Waals surface area (Å²) in [6, 6.07) is -0.564. The lowest BCUT2D eigenvalue weighted by Gasteiger charge is -2.48. The Labute approximate surface area is 221 Å². The van der Waals surface area contributed by atoms with Gasteiger partial charge in [0.2, 0.25) is 5.91 Å². The number of carboxylic acids is 1. The third-order valence-electron chi connectivity index (χ3n) is 8.32. The molecule has 3 aliphatic heterocycles. The standard InChI is InChI=1S/C27H42N2O7Si/c1-10-11-35-26(33)28-15-19(34-7)13-18(28)12-16(2)20-14-21-22(24(30)29(21)23(20)25(31)32)17(3)36-37(8,9)27(4,5)6/h10,12,17-19,21-22H,1,11,13-15H2,2-9H3,(H,31,32)/t17-,18-,19-,21-,22-/m1/s1. The first-order valence-corrected chi connectivity index (χ1v) is 15.8. The lowest BCUT2D eigenvalue weighted by atomic mass is 9.82. The van der Waals surface area contributed by atoms with Crippen molar-refractivity contribution in [1.82, 2.24) is 9.80 Å². The molecule has 37 heavy (non-hydrogen) atoms. The van der Waals surface area contributed by atoms with E-state index in [0.717, 1.165) is 5.57 Å². The summed E-state index contributed by atoms with van der Waals surface area (Å²) in [5.74, 6) is -1.71. The van der Waals surface area contributed by atoms with Crippen LogP contribution in [0.2, 0.25) is 18.1 Å². The molecular weight excluding hydrogens is 492 g/mol. The van der Waals surface area contributed by atoms with Crippen LogP contribution in [0.15, 0.2) is 35.6 Å². The van der Waals surface area contributed by atoms with Gasteiger partial charge in [0, 0.05) is 7.11 Å². The Bertz CT molecular complexity index is 1010. The van der Waals surface area contributed by atoms with Crippen LogP contribution >= 0.6 is 0 Å². The maximum absolute atomic E-state index is 13.2. The quantitative estimate of drug-likeness (QED) is 0.267. The van der Waals surface area contributed by atoms with E-state index < -0.39 is 20.4 Å². The van der Waals surface area contributed by atoms with Gasteiger partial charge in [-0.05, 0) is 56.0 Å². The van der Waals surface area contributed by atoms with Gasteiger partial charge in [-0.1, -0.05) is 39.5 Å². The van der Waals surface area contributed by atoms with Gasteiger partial charge in [0.05, 0.1) is 36.8 Å². The fourth-order valence-electron chi connectivity index (χ4n) is 5.29. The van der Waals surface area contributed by atoms with Crippen molar-refractivity contribution in [2.45, 2.75) is 89.9 Å². The fourth-order valence-corrected chi connectivity index (χ4v) is 6.72. The molecule has 2 fully saturated rings. The maximum atomic E-state index is 13.2. The summed E-state index contributed by atoms with van der Waals surface area (Å²) in [5.41, 5.74) is 1.38. The molecule has 0 unspecified atom stereocenters. The lowest BCUT2D eigenvalue weighted by Crippen LogP contribution is -2.63. The Kier molecular flexibility index (Phi) is 8.46. The van der Waals surface area contributed by atoms with Crippen LogP contribution in [0.1, 0.15) is 47.5 Å². The normalized spacial score (nSPS) is 27.2. The van der Waals surface area contributed by atoms with E-state index in [0.29, 0.717) is 25.0 Å². The number of carbonyl (C=O) groups is 3. The molecule has 0 aliphatic carbocycles. The van der Waals surface area contributed by atoms with Crippen LogP contribution < -0.4 is 0 Å². The van der Waals surface area contributed by atoms with E-state index in [9.17, 15) is 19.5 Å². The van der Waals surface area contributed by atoms with Crippen molar-refractivity contribution in [3.05, 3.63) is 35.6 Å². The summed E-state index contributed by atoms with van der Waals surface area (Å²) in [4.78, 5) is 41.1. The lowest BCUT2D eigenvalue weighted by molar-refractivity contribution is -0.160. The molecule has 0 saturated carbocycles. The number of amides is 2. The number of methoxy groups -OCH3 is 1. The molecule has 2 amide bonds. The second-order valence-corrected chi connectivity index (χ2v) is 16.5. The van der Waals surface area contributed by atoms with Gasteiger partial charge in [-0.2, -0.15) is 0 Å². The molecule has 9 nitrogen and oxygen atoms in total. The second-order valence-electron chi connectivity index (χ2n) is 11.7. The van der Waals surface area contributed by atoms with Crippen molar-refractivity contribution in [2.24, 2.45) is 5.92 Å². The molecule has 0 aromatic heterocycles. The molecule has 1 N–H and O–H groups in total. The summed E-state index contributed by atoms with van der Waals surface area (Å²) in [6.07, 6.45) is 3.48. The number of carboxylic acid groups (broad SMARTS) is 1. The average molecular weight is 535 g/mol. The zero-order valence-electron chi connectivity index (χ0n) is 23.4. The Morgan fingerprint density at radius 1 is 1.30 bits per heavy atom. The summed E-state index contributed by atoms with van der Waals surface area (Å²) < 4.78 is 17.2. The number of β-lactam (4-membered cyclic amide) rings is 1. The van der Waals surface area contributed by atoms with E-state index in [-0.39, 0.29) is 53.5 Å². The van der Waals surface area contributed by atoms with E-state index in [1.807, 2.05) is 19.9 Å². The average Bonchev–Trinajstić information content (AvgIpc) is 3.35. The molecule has 0 aromatic rings. The Morgan fingerprint density at radius 2 is 1.95 bits per heavy atom. The fraction of sp³-hybridized carbons (Fsp3) is 0.667. The van der Waals surface area contributed by atoms with Crippen LogP contribution in [0.5, 0.6) is 0 Å². The largest absolute Gasteiger partial charge is 0.477 e. The van der Waals surface area contributed by atoms with Crippen molar-refractivity contribution in [3.63, 3.8) is 0 Å². The molecular formula is C27H42N2O7Si. The number of hydrogen-bond donors (Lipinski definition) is 1. The molecule has 2 saturated heterocycles. The Morgan fingerprint density at radius 3 is 2.49 bits per heavy atom. The van der Waals surface area contributed by atoms with Gasteiger partial charge in [0.25, 0.3) is 0 Å². The van der Waals surface area contributed by atoms with Crippen LogP contribution in [-0.4, -0.2) is 85.7 Å². The molecule has 0 bridgehead atoms. The van der Waals surface area contributed by atoms with Crippen LogP contribution in [0.4, 0.5) is 4.79 Å². The minimum Gasteiger partial charge on any atom is -0.477 e. The van der Waals surface area contributed by atoms with E-state index in [1.165, 1.54) is 11.0 Å². The van der Waals surface area contributed by atoms with E-state index in [4.69, 9.17) is 13.9 Å². The molecule has 3 heterocycles. The van der Waals surface area contributed by atoms with Gasteiger partial charge in [-0.25, -0.2) is 9.59 Å². The summed E-state index contributed by atoms with van der Waals surface area (Å²) in [6.45, 7) is 18.6. The number of likely N-dealkylation sites (tertiary alicyclic amines) is 1. The molecule has 206 valence electrons. The topological polar surface area (TPSA) is 106 Å². The van der Waals surface area contributed by atoms with Gasteiger partial charge < -0.3 is 23.9 Å². The Balaban J connectivity index is 1.84. The highest BCUT2D eigenvalue weighted by atomic mass is 28.4. The van der Waals surface area contributed by atoms with E-state index in [1.54, 1.807) is 12.0 Å². The number of ether oxygens (including phenoxy) is 2. The predicted molar refractivity (Wildman–Crippen MR) is 142 cm³/mol. The predicted octanol–water partition coefficient (Wildman–Crippen LogP) is 4.32. The molecule has 3 rings (SSSR count). The van der Waals surface area contributed by atoms with Gasteiger partial charge in [0.1, 0.15) is 12.3 Å². The maximum Gasteiger partial charge on any atom is 0.410 e. The zero-order valence-corrected chi connectivity index (χ0v) is 24.4. The SMILES string of the molecule is C=CCOC(=O)N1C[C@H](OC)C[C@H]1C=C(C)C1=C(C(=O)O)N2C(=O)[C@H]([C@@H](C)O[Si](C)(C)C(C)(C)C)[C@H]2C1. The van der Waals surface area contributed by atoms with Crippen molar-refractivity contribution in [2.75, 3.05) is 20.3 Å². The highest BCUT2D eigenvalue weighted by Gasteiger charge is 2.58. The highest BCUT2D eigenvalue weighted by Crippen LogP contribution is 2.48. The molecule has 0 radical (unpaired) electrons.